The van der Waals surface area contributed by atoms with Crippen molar-refractivity contribution in [3.05, 3.63) is 34.4 Å². The Morgan fingerprint density at radius 3 is 2.53 bits per heavy atom. The molecule has 4 saturated carbocycles. The summed E-state index contributed by atoms with van der Waals surface area (Å²) < 4.78 is 5.05. The van der Waals surface area contributed by atoms with Gasteiger partial charge in [0.15, 0.2) is 5.78 Å². The number of fused-ring (bicyclic) bond motifs is 5. The van der Waals surface area contributed by atoms with Crippen molar-refractivity contribution in [2.75, 3.05) is 0 Å². The van der Waals surface area contributed by atoms with Crippen LogP contribution in [-0.2, 0) is 9.59 Å². The molecule has 1 heterocycles. The highest BCUT2D eigenvalue weighted by Gasteiger charge is 2.73. The summed E-state index contributed by atoms with van der Waals surface area (Å²) in [6.45, 7) is 3.90. The minimum Gasteiger partial charge on any atom is -0.431 e. The minimum atomic E-state index is -1.22. The van der Waals surface area contributed by atoms with Crippen molar-refractivity contribution in [2.24, 2.45) is 28.6 Å². The number of hydrogen-bond acceptors (Lipinski definition) is 6. The van der Waals surface area contributed by atoms with Gasteiger partial charge in [-0.25, -0.2) is 4.79 Å². The highest BCUT2D eigenvalue weighted by Crippen LogP contribution is 2.69. The Hall–Kier alpha value is -1.79. The van der Waals surface area contributed by atoms with Crippen molar-refractivity contribution in [3.63, 3.8) is 0 Å². The van der Waals surface area contributed by atoms with Gasteiger partial charge in [-0.1, -0.05) is 6.92 Å². The summed E-state index contributed by atoms with van der Waals surface area (Å²) in [5.41, 5.74) is -2.41. The molecule has 162 valence electrons. The van der Waals surface area contributed by atoms with Crippen molar-refractivity contribution < 1.29 is 24.2 Å². The van der Waals surface area contributed by atoms with Crippen molar-refractivity contribution in [3.8, 4) is 0 Å². The lowest BCUT2D eigenvalue weighted by Crippen LogP contribution is -2.70. The van der Waals surface area contributed by atoms with Crippen LogP contribution >= 0.6 is 0 Å². The Morgan fingerprint density at radius 2 is 1.83 bits per heavy atom. The third kappa shape index (κ3) is 2.35. The third-order valence-electron chi connectivity index (χ3n) is 9.64. The van der Waals surface area contributed by atoms with Crippen LogP contribution in [0.15, 0.2) is 27.6 Å². The van der Waals surface area contributed by atoms with E-state index in [2.05, 4.69) is 6.92 Å². The topological polar surface area (TPSA) is 105 Å². The molecule has 0 aromatic carbocycles. The number of aliphatic hydroxyl groups is 2. The molecule has 2 N–H and O–H groups in total. The molecule has 0 saturated heterocycles. The van der Waals surface area contributed by atoms with E-state index in [1.54, 1.807) is 13.0 Å². The standard InChI is InChI=1S/C24H30O6/c1-22-9-7-15(25)11-14(22)4-5-17-19(22)20(27)21(28)23(2)16(8-10-24(17,23)29)13-3-6-18(26)30-12-13/h3,6,12,14,16-17,19-20,27,29H,4-5,7-11H2,1-2H3/t14-,16-,17-,19-,20+,22+,23+,24+/m1/s1. The Kier molecular flexibility index (Phi) is 4.27. The first kappa shape index (κ1) is 20.1. The van der Waals surface area contributed by atoms with Crippen LogP contribution in [0.5, 0.6) is 0 Å². The first-order chi connectivity index (χ1) is 14.1. The van der Waals surface area contributed by atoms with E-state index in [0.717, 1.165) is 12.0 Å². The predicted molar refractivity (Wildman–Crippen MR) is 108 cm³/mol. The van der Waals surface area contributed by atoms with Crippen molar-refractivity contribution in [1.82, 2.24) is 0 Å². The number of Topliss-reactive ketones (excluding diaryl/α,β-unsaturated/α-hetero) is 2. The van der Waals surface area contributed by atoms with E-state index in [0.29, 0.717) is 38.5 Å². The molecule has 6 heteroatoms. The van der Waals surface area contributed by atoms with Gasteiger partial charge in [-0.05, 0) is 67.9 Å². The van der Waals surface area contributed by atoms with Gasteiger partial charge in [-0.15, -0.1) is 0 Å². The number of aliphatic hydroxyl groups excluding tert-OH is 1. The van der Waals surface area contributed by atoms with Crippen molar-refractivity contribution >= 4 is 11.6 Å². The zero-order chi connectivity index (χ0) is 21.5. The summed E-state index contributed by atoms with van der Waals surface area (Å²) >= 11 is 0. The molecule has 8 atom stereocenters. The monoisotopic (exact) mass is 414 g/mol. The number of ketones is 2. The fourth-order valence-corrected chi connectivity index (χ4v) is 7.94. The summed E-state index contributed by atoms with van der Waals surface area (Å²) in [6, 6.07) is 3.01. The zero-order valence-electron chi connectivity index (χ0n) is 17.6. The van der Waals surface area contributed by atoms with E-state index in [9.17, 15) is 24.6 Å². The summed E-state index contributed by atoms with van der Waals surface area (Å²) in [5.74, 6) is -0.710. The molecule has 6 nitrogen and oxygen atoms in total. The van der Waals surface area contributed by atoms with Gasteiger partial charge in [-0.3, -0.25) is 9.59 Å². The van der Waals surface area contributed by atoms with E-state index in [1.807, 2.05) is 0 Å². The Morgan fingerprint density at radius 1 is 1.07 bits per heavy atom. The van der Waals surface area contributed by atoms with Crippen molar-refractivity contribution in [2.45, 2.75) is 76.4 Å². The molecule has 0 radical (unpaired) electrons. The lowest BCUT2D eigenvalue weighted by molar-refractivity contribution is -0.224. The predicted octanol–water partition coefficient (Wildman–Crippen LogP) is 2.60. The van der Waals surface area contributed by atoms with Crippen LogP contribution in [0.1, 0.15) is 70.3 Å². The van der Waals surface area contributed by atoms with Crippen molar-refractivity contribution in [1.29, 1.82) is 0 Å². The Labute approximate surface area is 175 Å². The van der Waals surface area contributed by atoms with Gasteiger partial charge in [0.25, 0.3) is 0 Å². The average molecular weight is 414 g/mol. The molecule has 1 aromatic heterocycles. The fraction of sp³-hybridized carbons (Fsp3) is 0.708. The number of carbonyl (C=O) groups is 2. The zero-order valence-corrected chi connectivity index (χ0v) is 17.6. The van der Waals surface area contributed by atoms with Crippen LogP contribution in [0.25, 0.3) is 0 Å². The third-order valence-corrected chi connectivity index (χ3v) is 9.64. The van der Waals surface area contributed by atoms with Crippen LogP contribution < -0.4 is 5.63 Å². The smallest absolute Gasteiger partial charge is 0.335 e. The summed E-state index contributed by atoms with van der Waals surface area (Å²) in [5, 5.41) is 23.5. The normalized spacial score (nSPS) is 48.1. The van der Waals surface area contributed by atoms with Gasteiger partial charge in [0, 0.05) is 30.7 Å². The molecule has 1 aromatic rings. The van der Waals surface area contributed by atoms with Gasteiger partial charge in [-0.2, -0.15) is 0 Å². The van der Waals surface area contributed by atoms with E-state index in [-0.39, 0.29) is 40.7 Å². The molecule has 4 aliphatic rings. The fourth-order valence-electron chi connectivity index (χ4n) is 7.94. The summed E-state index contributed by atoms with van der Waals surface area (Å²) in [7, 11) is 0. The number of hydrogen-bond donors (Lipinski definition) is 2. The summed E-state index contributed by atoms with van der Waals surface area (Å²) in [4.78, 5) is 37.2. The second-order valence-corrected chi connectivity index (χ2v) is 10.6. The van der Waals surface area contributed by atoms with Gasteiger partial charge < -0.3 is 14.6 Å². The molecular formula is C24H30O6. The second kappa shape index (κ2) is 6.36. The van der Waals surface area contributed by atoms with E-state index in [1.165, 1.54) is 12.3 Å². The maximum Gasteiger partial charge on any atom is 0.335 e. The minimum absolute atomic E-state index is 0.163. The quantitative estimate of drug-likeness (QED) is 0.732. The average Bonchev–Trinajstić information content (AvgIpc) is 3.00. The molecule has 30 heavy (non-hydrogen) atoms. The van der Waals surface area contributed by atoms with Gasteiger partial charge in [0.1, 0.15) is 11.9 Å². The van der Waals surface area contributed by atoms with E-state index in [4.69, 9.17) is 4.42 Å². The van der Waals surface area contributed by atoms with Crippen LogP contribution in [0.4, 0.5) is 0 Å². The van der Waals surface area contributed by atoms with Crippen LogP contribution in [0, 0.1) is 28.6 Å². The summed E-state index contributed by atoms with van der Waals surface area (Å²) in [6.07, 6.45) is 4.54. The van der Waals surface area contributed by atoms with Crippen LogP contribution in [0.3, 0.4) is 0 Å². The van der Waals surface area contributed by atoms with Gasteiger partial charge in [0.2, 0.25) is 0 Å². The SMILES string of the molecule is C[C@]12CCC(=O)C[C@H]1CC[C@@H]1[C@@H]2[C@H](O)C(=O)[C@]2(C)[C@@H](c3ccc(=O)oc3)CC[C@]12O. The highest BCUT2D eigenvalue weighted by molar-refractivity contribution is 5.93. The maximum absolute atomic E-state index is 13.8. The first-order valence-corrected chi connectivity index (χ1v) is 11.2. The molecule has 0 unspecified atom stereocenters. The molecule has 4 aliphatic carbocycles. The number of rotatable bonds is 1. The molecule has 0 spiro atoms. The lowest BCUT2D eigenvalue weighted by Gasteiger charge is -2.63. The van der Waals surface area contributed by atoms with E-state index >= 15 is 0 Å². The maximum atomic E-state index is 13.8. The first-order valence-electron chi connectivity index (χ1n) is 11.2. The second-order valence-electron chi connectivity index (χ2n) is 10.6. The van der Waals surface area contributed by atoms with Gasteiger partial charge >= 0.3 is 5.63 Å². The molecule has 4 fully saturated rings. The Balaban J connectivity index is 1.59. The lowest BCUT2D eigenvalue weighted by atomic mass is 9.42. The largest absolute Gasteiger partial charge is 0.431 e. The van der Waals surface area contributed by atoms with Gasteiger partial charge in [0.05, 0.1) is 17.3 Å². The molecular weight excluding hydrogens is 384 g/mol. The molecule has 5 rings (SSSR count). The number of carbonyl (C=O) groups excluding carboxylic acids is 2. The van der Waals surface area contributed by atoms with Crippen LogP contribution in [-0.4, -0.2) is 33.5 Å². The highest BCUT2D eigenvalue weighted by atomic mass is 16.4. The molecule has 0 aliphatic heterocycles. The van der Waals surface area contributed by atoms with E-state index < -0.39 is 22.7 Å². The Bertz CT molecular complexity index is 946. The molecule has 0 bridgehead atoms. The molecule has 0 amide bonds. The van der Waals surface area contributed by atoms with Crippen LogP contribution in [0.2, 0.25) is 0 Å².